The van der Waals surface area contributed by atoms with E-state index >= 15 is 0 Å². The number of fused-ring (bicyclic) bond motifs is 1. The topological polar surface area (TPSA) is 77.4 Å². The number of nitrogens with zero attached hydrogens (tertiary/aromatic N) is 2. The van der Waals surface area contributed by atoms with Gasteiger partial charge in [0.15, 0.2) is 0 Å². The van der Waals surface area contributed by atoms with Gasteiger partial charge in [-0.2, -0.15) is 5.10 Å². The van der Waals surface area contributed by atoms with Crippen molar-refractivity contribution in [2.75, 3.05) is 12.4 Å². The SMILES string of the molecule is COc1ccc(C2NC(=O)c3cnn(-c4ccccc4)c3N2)cc1COc1cc(C)ccc1C. The van der Waals surface area contributed by atoms with Crippen molar-refractivity contribution < 1.29 is 14.3 Å². The van der Waals surface area contributed by atoms with Gasteiger partial charge in [0.25, 0.3) is 5.91 Å². The van der Waals surface area contributed by atoms with E-state index in [0.717, 1.165) is 39.4 Å². The minimum absolute atomic E-state index is 0.176. The molecule has 0 saturated carbocycles. The smallest absolute Gasteiger partial charge is 0.258 e. The van der Waals surface area contributed by atoms with Crippen LogP contribution in [0.2, 0.25) is 0 Å². The lowest BCUT2D eigenvalue weighted by molar-refractivity contribution is 0.0935. The van der Waals surface area contributed by atoms with Gasteiger partial charge < -0.3 is 20.1 Å². The van der Waals surface area contributed by atoms with E-state index < -0.39 is 6.17 Å². The average molecular weight is 455 g/mol. The molecular weight excluding hydrogens is 428 g/mol. The Kier molecular flexibility index (Phi) is 5.67. The van der Waals surface area contributed by atoms with E-state index in [-0.39, 0.29) is 5.91 Å². The molecule has 7 heteroatoms. The lowest BCUT2D eigenvalue weighted by Gasteiger charge is -2.27. The van der Waals surface area contributed by atoms with Crippen LogP contribution in [0.1, 0.15) is 38.8 Å². The highest BCUT2D eigenvalue weighted by Gasteiger charge is 2.29. The zero-order valence-electron chi connectivity index (χ0n) is 19.3. The molecule has 3 aromatic carbocycles. The van der Waals surface area contributed by atoms with Crippen LogP contribution < -0.4 is 20.1 Å². The second-order valence-corrected chi connectivity index (χ2v) is 8.33. The Balaban J connectivity index is 1.43. The molecule has 1 aliphatic rings. The third kappa shape index (κ3) is 4.08. The molecule has 2 N–H and O–H groups in total. The molecule has 0 radical (unpaired) electrons. The molecule has 0 saturated heterocycles. The van der Waals surface area contributed by atoms with Crippen molar-refractivity contribution in [2.24, 2.45) is 0 Å². The molecule has 1 amide bonds. The quantitative estimate of drug-likeness (QED) is 0.432. The van der Waals surface area contributed by atoms with Gasteiger partial charge in [0, 0.05) is 5.56 Å². The molecular formula is C27H26N4O3. The molecule has 0 bridgehead atoms. The first kappa shape index (κ1) is 21.6. The number of hydrogen-bond acceptors (Lipinski definition) is 5. The Morgan fingerprint density at radius 3 is 2.59 bits per heavy atom. The van der Waals surface area contributed by atoms with E-state index in [9.17, 15) is 4.79 Å². The summed E-state index contributed by atoms with van der Waals surface area (Å²) in [6.45, 7) is 4.41. The minimum atomic E-state index is -0.426. The molecule has 1 aromatic heterocycles. The number of methoxy groups -OCH3 is 1. The summed E-state index contributed by atoms with van der Waals surface area (Å²) in [4.78, 5) is 12.8. The summed E-state index contributed by atoms with van der Waals surface area (Å²) in [5, 5.41) is 10.9. The van der Waals surface area contributed by atoms with Crippen LogP contribution >= 0.6 is 0 Å². The first-order valence-corrected chi connectivity index (χ1v) is 11.1. The van der Waals surface area contributed by atoms with E-state index in [4.69, 9.17) is 9.47 Å². The Morgan fingerprint density at radius 1 is 0.971 bits per heavy atom. The normalized spacial score (nSPS) is 14.7. The van der Waals surface area contributed by atoms with E-state index in [1.807, 2.05) is 74.5 Å². The number of hydrogen-bond donors (Lipinski definition) is 2. The number of aromatic nitrogens is 2. The lowest BCUT2D eigenvalue weighted by Crippen LogP contribution is -2.38. The van der Waals surface area contributed by atoms with Crippen molar-refractivity contribution in [1.82, 2.24) is 15.1 Å². The molecule has 1 unspecified atom stereocenters. The first-order valence-electron chi connectivity index (χ1n) is 11.1. The fourth-order valence-corrected chi connectivity index (χ4v) is 4.08. The molecule has 0 fully saturated rings. The zero-order chi connectivity index (χ0) is 23.7. The van der Waals surface area contributed by atoms with Crippen molar-refractivity contribution in [3.63, 3.8) is 0 Å². The Bertz CT molecular complexity index is 1350. The summed E-state index contributed by atoms with van der Waals surface area (Å²) in [5.41, 5.74) is 5.37. The highest BCUT2D eigenvalue weighted by atomic mass is 16.5. The van der Waals surface area contributed by atoms with Crippen LogP contribution in [0.4, 0.5) is 5.82 Å². The molecule has 1 atom stereocenters. The van der Waals surface area contributed by atoms with Crippen LogP contribution in [0.15, 0.2) is 72.9 Å². The maximum absolute atomic E-state index is 12.8. The molecule has 172 valence electrons. The summed E-state index contributed by atoms with van der Waals surface area (Å²) in [5.74, 6) is 2.05. The molecule has 5 rings (SSSR count). The Morgan fingerprint density at radius 2 is 1.79 bits per heavy atom. The summed E-state index contributed by atoms with van der Waals surface area (Å²) in [6, 6.07) is 21.7. The fourth-order valence-electron chi connectivity index (χ4n) is 4.08. The van der Waals surface area contributed by atoms with E-state index in [0.29, 0.717) is 18.0 Å². The van der Waals surface area contributed by atoms with E-state index in [1.54, 1.807) is 18.0 Å². The van der Waals surface area contributed by atoms with Crippen LogP contribution in [0, 0.1) is 13.8 Å². The van der Waals surface area contributed by atoms with E-state index in [1.165, 1.54) is 0 Å². The summed E-state index contributed by atoms with van der Waals surface area (Å²) in [6.07, 6.45) is 1.16. The van der Waals surface area contributed by atoms with Gasteiger partial charge in [-0.05, 0) is 60.9 Å². The number of carbonyl (C=O) groups is 1. The van der Waals surface area contributed by atoms with Crippen LogP contribution in [0.3, 0.4) is 0 Å². The third-order valence-electron chi connectivity index (χ3n) is 5.94. The number of ether oxygens (including phenoxy) is 2. The fraction of sp³-hybridized carbons (Fsp3) is 0.185. The largest absolute Gasteiger partial charge is 0.496 e. The minimum Gasteiger partial charge on any atom is -0.496 e. The standard InChI is InChI=1S/C27H26N4O3/c1-17-9-10-18(2)24(13-17)34-16-20-14-19(11-12-23(20)33-3)25-29-26-22(27(32)30-25)15-28-31(26)21-7-5-4-6-8-21/h4-15,25,29H,16H2,1-3H3,(H,30,32). The maximum Gasteiger partial charge on any atom is 0.258 e. The van der Waals surface area contributed by atoms with Gasteiger partial charge in [-0.25, -0.2) is 4.68 Å². The van der Waals surface area contributed by atoms with Gasteiger partial charge >= 0.3 is 0 Å². The average Bonchev–Trinajstić information content (AvgIpc) is 3.29. The maximum atomic E-state index is 12.8. The van der Waals surface area contributed by atoms with Gasteiger partial charge in [0.1, 0.15) is 35.7 Å². The number of aryl methyl sites for hydroxylation is 2. The van der Waals surface area contributed by atoms with Crippen LogP contribution in [-0.4, -0.2) is 22.8 Å². The number of anilines is 1. The third-order valence-corrected chi connectivity index (χ3v) is 5.94. The lowest BCUT2D eigenvalue weighted by atomic mass is 10.1. The second kappa shape index (κ2) is 8.94. The van der Waals surface area contributed by atoms with Crippen molar-refractivity contribution in [3.8, 4) is 17.2 Å². The summed E-state index contributed by atoms with van der Waals surface area (Å²) in [7, 11) is 1.64. The van der Waals surface area contributed by atoms with Gasteiger partial charge in [-0.15, -0.1) is 0 Å². The predicted octanol–water partition coefficient (Wildman–Crippen LogP) is 4.93. The Hall–Kier alpha value is -4.26. The number of amides is 1. The molecule has 0 aliphatic carbocycles. The number of carbonyl (C=O) groups excluding carboxylic acids is 1. The van der Waals surface area contributed by atoms with Crippen molar-refractivity contribution in [2.45, 2.75) is 26.6 Å². The highest BCUT2D eigenvalue weighted by molar-refractivity contribution is 6.01. The monoisotopic (exact) mass is 454 g/mol. The van der Waals surface area contributed by atoms with Crippen LogP contribution in [-0.2, 0) is 6.61 Å². The van der Waals surface area contributed by atoms with Gasteiger partial charge in [0.05, 0.1) is 19.0 Å². The van der Waals surface area contributed by atoms with E-state index in [2.05, 4.69) is 21.8 Å². The molecule has 1 aliphatic heterocycles. The predicted molar refractivity (Wildman–Crippen MR) is 131 cm³/mol. The number of nitrogens with one attached hydrogen (secondary N) is 2. The summed E-state index contributed by atoms with van der Waals surface area (Å²) >= 11 is 0. The first-order chi connectivity index (χ1) is 16.5. The number of benzene rings is 3. The number of para-hydroxylation sites is 1. The number of rotatable bonds is 6. The van der Waals surface area contributed by atoms with Crippen LogP contribution in [0.25, 0.3) is 5.69 Å². The van der Waals surface area contributed by atoms with Gasteiger partial charge in [-0.1, -0.05) is 36.4 Å². The highest BCUT2D eigenvalue weighted by Crippen LogP contribution is 2.31. The second-order valence-electron chi connectivity index (χ2n) is 8.33. The molecule has 4 aromatic rings. The summed E-state index contributed by atoms with van der Waals surface area (Å²) < 4.78 is 13.4. The zero-order valence-corrected chi connectivity index (χ0v) is 19.3. The van der Waals surface area contributed by atoms with Crippen molar-refractivity contribution in [3.05, 3.63) is 101 Å². The molecule has 0 spiro atoms. The molecule has 7 nitrogen and oxygen atoms in total. The van der Waals surface area contributed by atoms with Crippen LogP contribution in [0.5, 0.6) is 11.5 Å². The molecule has 2 heterocycles. The molecule has 34 heavy (non-hydrogen) atoms. The van der Waals surface area contributed by atoms with Crippen molar-refractivity contribution in [1.29, 1.82) is 0 Å². The Labute approximate surface area is 198 Å². The van der Waals surface area contributed by atoms with Gasteiger partial charge in [-0.3, -0.25) is 4.79 Å². The van der Waals surface area contributed by atoms with Gasteiger partial charge in [0.2, 0.25) is 0 Å². The van der Waals surface area contributed by atoms with Crippen molar-refractivity contribution >= 4 is 11.7 Å².